The minimum Gasteiger partial charge on any atom is -0.396 e. The van der Waals surface area contributed by atoms with Gasteiger partial charge in [-0.25, -0.2) is 4.79 Å². The second-order valence-corrected chi connectivity index (χ2v) is 6.43. The van der Waals surface area contributed by atoms with E-state index in [-0.39, 0.29) is 18.7 Å². The van der Waals surface area contributed by atoms with Gasteiger partial charge in [-0.2, -0.15) is 0 Å². The minimum absolute atomic E-state index is 0.0607. The normalized spacial score (nSPS) is 20.9. The fraction of sp³-hybridized carbons (Fsp3) is 0.611. The second kappa shape index (κ2) is 8.20. The van der Waals surface area contributed by atoms with E-state index in [9.17, 15) is 9.90 Å². The number of para-hydroxylation sites is 2. The molecule has 128 valence electrons. The Labute approximate surface area is 139 Å². The van der Waals surface area contributed by atoms with Crippen molar-refractivity contribution in [1.29, 1.82) is 0 Å². The third-order valence-corrected chi connectivity index (χ3v) is 4.97. The van der Waals surface area contributed by atoms with E-state index in [1.165, 1.54) is 0 Å². The third-order valence-electron chi connectivity index (χ3n) is 4.97. The molecule has 0 spiro atoms. The number of urea groups is 1. The summed E-state index contributed by atoms with van der Waals surface area (Å²) in [6.45, 7) is 3.23. The summed E-state index contributed by atoms with van der Waals surface area (Å²) in [5.74, 6) is 0.404. The Bertz CT molecular complexity index is 513. The van der Waals surface area contributed by atoms with Gasteiger partial charge in [0.05, 0.1) is 11.4 Å². The summed E-state index contributed by atoms with van der Waals surface area (Å²) < 4.78 is 0. The lowest BCUT2D eigenvalue weighted by molar-refractivity contribution is 0.139. The Kier molecular flexibility index (Phi) is 6.28. The standard InChI is InChI=1S/C18H29N3O2/c1-4-20(2)17-8-6-5-7-16(17)19-18(23)21(3)15-11-9-14(13-22)10-12-15/h5-8,14-15,22H,4,9-13H2,1-3H3,(H,19,23). The van der Waals surface area contributed by atoms with Crippen LogP contribution < -0.4 is 10.2 Å². The highest BCUT2D eigenvalue weighted by atomic mass is 16.3. The van der Waals surface area contributed by atoms with Gasteiger partial charge in [0.1, 0.15) is 0 Å². The van der Waals surface area contributed by atoms with Crippen LogP contribution in [0.25, 0.3) is 0 Å². The van der Waals surface area contributed by atoms with E-state index in [0.717, 1.165) is 43.6 Å². The minimum atomic E-state index is -0.0607. The molecule has 0 atom stereocenters. The van der Waals surface area contributed by atoms with Crippen LogP contribution in [0.15, 0.2) is 24.3 Å². The smallest absolute Gasteiger partial charge is 0.321 e. The molecule has 1 aromatic rings. The number of amides is 2. The molecule has 1 fully saturated rings. The van der Waals surface area contributed by atoms with Gasteiger partial charge in [-0.05, 0) is 50.7 Å². The van der Waals surface area contributed by atoms with E-state index in [0.29, 0.717) is 5.92 Å². The van der Waals surface area contributed by atoms with Gasteiger partial charge in [0.25, 0.3) is 0 Å². The molecule has 1 aliphatic carbocycles. The molecule has 1 saturated carbocycles. The van der Waals surface area contributed by atoms with Crippen molar-refractivity contribution in [3.8, 4) is 0 Å². The topological polar surface area (TPSA) is 55.8 Å². The molecule has 0 unspecified atom stereocenters. The van der Waals surface area contributed by atoms with Gasteiger partial charge in [0.15, 0.2) is 0 Å². The van der Waals surface area contributed by atoms with Crippen LogP contribution in [0.1, 0.15) is 32.6 Å². The fourth-order valence-corrected chi connectivity index (χ4v) is 3.17. The maximum absolute atomic E-state index is 12.6. The van der Waals surface area contributed by atoms with Gasteiger partial charge >= 0.3 is 6.03 Å². The second-order valence-electron chi connectivity index (χ2n) is 6.43. The summed E-state index contributed by atoms with van der Waals surface area (Å²) in [6, 6.07) is 8.08. The largest absolute Gasteiger partial charge is 0.396 e. The van der Waals surface area contributed by atoms with Crippen LogP contribution in [0.4, 0.5) is 16.2 Å². The summed E-state index contributed by atoms with van der Waals surface area (Å²) in [6.07, 6.45) is 3.92. The van der Waals surface area contributed by atoms with Crippen LogP contribution in [-0.2, 0) is 0 Å². The lowest BCUT2D eigenvalue weighted by Gasteiger charge is -2.34. The first-order valence-corrected chi connectivity index (χ1v) is 8.51. The van der Waals surface area contributed by atoms with E-state index >= 15 is 0 Å². The van der Waals surface area contributed by atoms with E-state index in [1.54, 1.807) is 0 Å². The van der Waals surface area contributed by atoms with Crippen molar-refractivity contribution in [2.24, 2.45) is 5.92 Å². The molecule has 1 aromatic carbocycles. The zero-order chi connectivity index (χ0) is 16.8. The van der Waals surface area contributed by atoms with Crippen molar-refractivity contribution in [2.75, 3.05) is 37.5 Å². The summed E-state index contributed by atoms with van der Waals surface area (Å²) in [5.41, 5.74) is 1.87. The number of hydrogen-bond acceptors (Lipinski definition) is 3. The molecule has 2 rings (SSSR count). The molecule has 2 N–H and O–H groups in total. The number of nitrogens with zero attached hydrogens (tertiary/aromatic N) is 2. The van der Waals surface area contributed by atoms with Gasteiger partial charge in [0.2, 0.25) is 0 Å². The van der Waals surface area contributed by atoms with Gasteiger partial charge in [-0.3, -0.25) is 0 Å². The molecule has 0 radical (unpaired) electrons. The summed E-state index contributed by atoms with van der Waals surface area (Å²) in [7, 11) is 3.89. The van der Waals surface area contributed by atoms with Gasteiger partial charge < -0.3 is 20.2 Å². The highest BCUT2D eigenvalue weighted by Crippen LogP contribution is 2.28. The maximum atomic E-state index is 12.6. The first kappa shape index (κ1) is 17.6. The Balaban J connectivity index is 1.99. The van der Waals surface area contributed by atoms with Crippen molar-refractivity contribution in [3.05, 3.63) is 24.3 Å². The SMILES string of the molecule is CCN(C)c1ccccc1NC(=O)N(C)C1CCC(CO)CC1. The Hall–Kier alpha value is -1.75. The first-order valence-electron chi connectivity index (χ1n) is 8.51. The predicted molar refractivity (Wildman–Crippen MR) is 95.0 cm³/mol. The van der Waals surface area contributed by atoms with Gasteiger partial charge in [-0.15, -0.1) is 0 Å². The van der Waals surface area contributed by atoms with Gasteiger partial charge in [-0.1, -0.05) is 12.1 Å². The molecular weight excluding hydrogens is 290 g/mol. The number of carbonyl (C=O) groups excluding carboxylic acids is 1. The van der Waals surface area contributed by atoms with Crippen molar-refractivity contribution in [3.63, 3.8) is 0 Å². The average Bonchev–Trinajstić information content (AvgIpc) is 2.61. The highest BCUT2D eigenvalue weighted by Gasteiger charge is 2.26. The molecule has 0 aromatic heterocycles. The molecule has 0 aliphatic heterocycles. The summed E-state index contributed by atoms with van der Waals surface area (Å²) in [4.78, 5) is 16.5. The van der Waals surface area contributed by atoms with Crippen LogP contribution in [0.2, 0.25) is 0 Å². The molecular formula is C18H29N3O2. The number of anilines is 2. The van der Waals surface area contributed by atoms with Crippen molar-refractivity contribution in [2.45, 2.75) is 38.6 Å². The number of aliphatic hydroxyl groups is 1. The first-order chi connectivity index (χ1) is 11.1. The number of rotatable bonds is 5. The number of nitrogens with one attached hydrogen (secondary N) is 1. The van der Waals surface area contributed by atoms with Crippen molar-refractivity contribution < 1.29 is 9.90 Å². The van der Waals surface area contributed by atoms with E-state index in [1.807, 2.05) is 43.3 Å². The number of carbonyl (C=O) groups is 1. The quantitative estimate of drug-likeness (QED) is 0.876. The van der Waals surface area contributed by atoms with Crippen LogP contribution in [0, 0.1) is 5.92 Å². The predicted octanol–water partition coefficient (Wildman–Crippen LogP) is 3.16. The molecule has 2 amide bonds. The zero-order valence-corrected chi connectivity index (χ0v) is 14.5. The molecule has 5 heteroatoms. The monoisotopic (exact) mass is 319 g/mol. The highest BCUT2D eigenvalue weighted by molar-refractivity contribution is 5.93. The van der Waals surface area contributed by atoms with Gasteiger partial charge in [0, 0.05) is 33.3 Å². The number of aliphatic hydroxyl groups excluding tert-OH is 1. The molecule has 0 heterocycles. The lowest BCUT2D eigenvalue weighted by Crippen LogP contribution is -2.42. The van der Waals surface area contributed by atoms with E-state index in [2.05, 4.69) is 17.1 Å². The van der Waals surface area contributed by atoms with Crippen LogP contribution in [0.5, 0.6) is 0 Å². The number of hydrogen-bond donors (Lipinski definition) is 2. The Morgan fingerprint density at radius 3 is 2.48 bits per heavy atom. The molecule has 1 aliphatic rings. The summed E-state index contributed by atoms with van der Waals surface area (Å²) >= 11 is 0. The van der Waals surface area contributed by atoms with Crippen LogP contribution >= 0.6 is 0 Å². The van der Waals surface area contributed by atoms with Crippen molar-refractivity contribution >= 4 is 17.4 Å². The molecule has 0 saturated heterocycles. The Morgan fingerprint density at radius 1 is 1.22 bits per heavy atom. The molecule has 0 bridgehead atoms. The fourth-order valence-electron chi connectivity index (χ4n) is 3.17. The van der Waals surface area contributed by atoms with Crippen molar-refractivity contribution in [1.82, 2.24) is 4.90 Å². The van der Waals surface area contributed by atoms with Crippen LogP contribution in [0.3, 0.4) is 0 Å². The maximum Gasteiger partial charge on any atom is 0.321 e. The van der Waals surface area contributed by atoms with E-state index in [4.69, 9.17) is 0 Å². The lowest BCUT2D eigenvalue weighted by atomic mass is 9.86. The summed E-state index contributed by atoms with van der Waals surface area (Å²) in [5, 5.41) is 12.3. The number of benzene rings is 1. The van der Waals surface area contributed by atoms with Crippen LogP contribution in [-0.4, -0.2) is 49.3 Å². The zero-order valence-electron chi connectivity index (χ0n) is 14.5. The third kappa shape index (κ3) is 4.38. The molecule has 23 heavy (non-hydrogen) atoms. The van der Waals surface area contributed by atoms with E-state index < -0.39 is 0 Å². The Morgan fingerprint density at radius 2 is 1.87 bits per heavy atom. The molecule has 5 nitrogen and oxygen atoms in total. The average molecular weight is 319 g/mol.